The first-order valence-corrected chi connectivity index (χ1v) is 6.36. The van der Waals surface area contributed by atoms with Crippen LogP contribution in [0.4, 0.5) is 0 Å². The average molecular weight is 296 g/mol. The van der Waals surface area contributed by atoms with Crippen molar-refractivity contribution >= 4 is 18.0 Å². The standard InChI is InChI=1S/C16H12N2O4/c17-9-13(15(19)18-10-14-2-1-7-22-14)8-11-3-5-12(6-4-11)16(20)21/h1-8H,10H2,(H,18,19)(H,20,21)/b13-8-. The predicted molar refractivity (Wildman–Crippen MR) is 77.5 cm³/mol. The van der Waals surface area contributed by atoms with E-state index in [0.717, 1.165) is 0 Å². The van der Waals surface area contributed by atoms with Gasteiger partial charge in [-0.3, -0.25) is 4.79 Å². The quantitative estimate of drug-likeness (QED) is 0.650. The predicted octanol–water partition coefficient (Wildman–Crippen LogP) is 2.20. The van der Waals surface area contributed by atoms with Gasteiger partial charge in [0, 0.05) is 0 Å². The molecule has 0 fully saturated rings. The van der Waals surface area contributed by atoms with E-state index in [4.69, 9.17) is 14.8 Å². The molecule has 0 bridgehead atoms. The second-order valence-corrected chi connectivity index (χ2v) is 4.36. The molecule has 1 heterocycles. The highest BCUT2D eigenvalue weighted by Crippen LogP contribution is 2.10. The molecule has 0 atom stereocenters. The summed E-state index contributed by atoms with van der Waals surface area (Å²) >= 11 is 0. The number of nitriles is 1. The Morgan fingerprint density at radius 3 is 2.55 bits per heavy atom. The summed E-state index contributed by atoms with van der Waals surface area (Å²) in [5.74, 6) is -0.982. The van der Waals surface area contributed by atoms with Crippen molar-refractivity contribution in [2.24, 2.45) is 0 Å². The Morgan fingerprint density at radius 1 is 1.27 bits per heavy atom. The van der Waals surface area contributed by atoms with Gasteiger partial charge in [-0.1, -0.05) is 12.1 Å². The number of rotatable bonds is 5. The first-order valence-electron chi connectivity index (χ1n) is 6.36. The fourth-order valence-corrected chi connectivity index (χ4v) is 1.71. The third-order valence-electron chi connectivity index (χ3n) is 2.84. The first-order chi connectivity index (χ1) is 10.6. The van der Waals surface area contributed by atoms with Crippen LogP contribution in [0, 0.1) is 11.3 Å². The fourth-order valence-electron chi connectivity index (χ4n) is 1.71. The van der Waals surface area contributed by atoms with Crippen LogP contribution in [0.2, 0.25) is 0 Å². The van der Waals surface area contributed by atoms with Crippen LogP contribution in [0.5, 0.6) is 0 Å². The van der Waals surface area contributed by atoms with Gasteiger partial charge in [0.1, 0.15) is 17.4 Å². The molecular weight excluding hydrogens is 284 g/mol. The topological polar surface area (TPSA) is 103 Å². The number of nitrogens with one attached hydrogen (secondary N) is 1. The van der Waals surface area contributed by atoms with E-state index < -0.39 is 11.9 Å². The monoisotopic (exact) mass is 296 g/mol. The third-order valence-corrected chi connectivity index (χ3v) is 2.84. The Kier molecular flexibility index (Phi) is 4.73. The maximum atomic E-state index is 11.9. The van der Waals surface area contributed by atoms with Crippen LogP contribution >= 0.6 is 0 Å². The van der Waals surface area contributed by atoms with Gasteiger partial charge in [0.05, 0.1) is 18.4 Å². The lowest BCUT2D eigenvalue weighted by Gasteiger charge is -2.02. The molecule has 0 aliphatic carbocycles. The van der Waals surface area contributed by atoms with Crippen molar-refractivity contribution in [2.45, 2.75) is 6.54 Å². The normalized spacial score (nSPS) is 10.8. The molecule has 0 saturated carbocycles. The number of nitrogens with zero attached hydrogens (tertiary/aromatic N) is 1. The number of hydrogen-bond acceptors (Lipinski definition) is 4. The molecule has 0 spiro atoms. The molecule has 0 aliphatic rings. The van der Waals surface area contributed by atoms with Crippen molar-refractivity contribution in [1.82, 2.24) is 5.32 Å². The zero-order chi connectivity index (χ0) is 15.9. The van der Waals surface area contributed by atoms with E-state index in [1.54, 1.807) is 12.1 Å². The second-order valence-electron chi connectivity index (χ2n) is 4.36. The second kappa shape index (κ2) is 6.90. The molecule has 1 aromatic carbocycles. The summed E-state index contributed by atoms with van der Waals surface area (Å²) in [6.45, 7) is 0.183. The summed E-state index contributed by atoms with van der Waals surface area (Å²) in [5, 5.41) is 20.4. The van der Waals surface area contributed by atoms with Gasteiger partial charge < -0.3 is 14.8 Å². The number of carbonyl (C=O) groups excluding carboxylic acids is 1. The van der Waals surface area contributed by atoms with E-state index in [1.807, 2.05) is 6.07 Å². The molecule has 110 valence electrons. The summed E-state index contributed by atoms with van der Waals surface area (Å²) in [4.78, 5) is 22.7. The lowest BCUT2D eigenvalue weighted by atomic mass is 10.1. The van der Waals surface area contributed by atoms with Gasteiger partial charge in [0.2, 0.25) is 0 Å². The van der Waals surface area contributed by atoms with Crippen molar-refractivity contribution in [3.05, 3.63) is 65.1 Å². The molecule has 0 unspecified atom stereocenters. The van der Waals surface area contributed by atoms with Gasteiger partial charge >= 0.3 is 5.97 Å². The van der Waals surface area contributed by atoms with E-state index in [-0.39, 0.29) is 17.7 Å². The Labute approximate surface area is 126 Å². The van der Waals surface area contributed by atoms with Gasteiger partial charge in [0.15, 0.2) is 0 Å². The smallest absolute Gasteiger partial charge is 0.335 e. The van der Waals surface area contributed by atoms with Gasteiger partial charge in [-0.2, -0.15) is 5.26 Å². The molecule has 2 aromatic rings. The Hall–Kier alpha value is -3.33. The molecule has 0 saturated heterocycles. The molecule has 6 heteroatoms. The van der Waals surface area contributed by atoms with Crippen LogP contribution in [-0.4, -0.2) is 17.0 Å². The molecule has 22 heavy (non-hydrogen) atoms. The van der Waals surface area contributed by atoms with E-state index in [2.05, 4.69) is 5.32 Å². The van der Waals surface area contributed by atoms with Crippen LogP contribution in [0.15, 0.2) is 52.7 Å². The number of hydrogen-bond donors (Lipinski definition) is 2. The fraction of sp³-hybridized carbons (Fsp3) is 0.0625. The maximum absolute atomic E-state index is 11.9. The number of aromatic carboxylic acids is 1. The molecule has 0 aliphatic heterocycles. The van der Waals surface area contributed by atoms with Crippen molar-refractivity contribution in [2.75, 3.05) is 0 Å². The molecule has 0 radical (unpaired) electrons. The number of carboxylic acid groups (broad SMARTS) is 1. The molecule has 1 aromatic heterocycles. The highest BCUT2D eigenvalue weighted by molar-refractivity contribution is 6.01. The van der Waals surface area contributed by atoms with Gasteiger partial charge in [-0.15, -0.1) is 0 Å². The molecule has 2 rings (SSSR count). The van der Waals surface area contributed by atoms with Crippen LogP contribution in [0.3, 0.4) is 0 Å². The van der Waals surface area contributed by atoms with Crippen molar-refractivity contribution in [3.8, 4) is 6.07 Å². The Bertz CT molecular complexity index is 737. The summed E-state index contributed by atoms with van der Waals surface area (Å²) in [6.07, 6.45) is 2.88. The molecule has 1 amide bonds. The van der Waals surface area contributed by atoms with E-state index >= 15 is 0 Å². The molecule has 6 nitrogen and oxygen atoms in total. The first kappa shape index (κ1) is 15.1. The summed E-state index contributed by atoms with van der Waals surface area (Å²) in [5.41, 5.74) is 0.627. The van der Waals surface area contributed by atoms with E-state index in [0.29, 0.717) is 11.3 Å². The summed E-state index contributed by atoms with van der Waals surface area (Å²) in [6, 6.07) is 11.1. The number of amides is 1. The highest BCUT2D eigenvalue weighted by atomic mass is 16.4. The van der Waals surface area contributed by atoms with Gasteiger partial charge in [0.25, 0.3) is 5.91 Å². The number of carboxylic acids is 1. The average Bonchev–Trinajstić information content (AvgIpc) is 3.04. The van der Waals surface area contributed by atoms with Crippen molar-refractivity contribution in [3.63, 3.8) is 0 Å². The van der Waals surface area contributed by atoms with Crippen LogP contribution in [0.25, 0.3) is 6.08 Å². The van der Waals surface area contributed by atoms with Crippen molar-refractivity contribution < 1.29 is 19.1 Å². The maximum Gasteiger partial charge on any atom is 0.335 e. The largest absolute Gasteiger partial charge is 0.478 e. The lowest BCUT2D eigenvalue weighted by molar-refractivity contribution is -0.117. The third kappa shape index (κ3) is 3.84. The van der Waals surface area contributed by atoms with Crippen LogP contribution in [-0.2, 0) is 11.3 Å². The van der Waals surface area contributed by atoms with E-state index in [1.165, 1.54) is 36.6 Å². The molecule has 2 N–H and O–H groups in total. The number of carbonyl (C=O) groups is 2. The Balaban J connectivity index is 2.07. The minimum absolute atomic E-state index is 0.0744. The SMILES string of the molecule is N#C/C(=C/c1ccc(C(=O)O)cc1)C(=O)NCc1ccco1. The van der Waals surface area contributed by atoms with Gasteiger partial charge in [-0.25, -0.2) is 4.79 Å². The zero-order valence-corrected chi connectivity index (χ0v) is 11.4. The Morgan fingerprint density at radius 2 is 2.00 bits per heavy atom. The molecular formula is C16H12N2O4. The summed E-state index contributed by atoms with van der Waals surface area (Å²) < 4.78 is 5.08. The van der Waals surface area contributed by atoms with E-state index in [9.17, 15) is 9.59 Å². The summed E-state index contributed by atoms with van der Waals surface area (Å²) in [7, 11) is 0. The minimum atomic E-state index is -1.03. The zero-order valence-electron chi connectivity index (χ0n) is 11.4. The van der Waals surface area contributed by atoms with Crippen LogP contribution < -0.4 is 5.32 Å². The van der Waals surface area contributed by atoms with Gasteiger partial charge in [-0.05, 0) is 35.9 Å². The van der Waals surface area contributed by atoms with Crippen molar-refractivity contribution in [1.29, 1.82) is 5.26 Å². The minimum Gasteiger partial charge on any atom is -0.478 e. The lowest BCUT2D eigenvalue weighted by Crippen LogP contribution is -2.23. The number of benzene rings is 1. The number of furan rings is 1. The van der Waals surface area contributed by atoms with Crippen LogP contribution in [0.1, 0.15) is 21.7 Å². The highest BCUT2D eigenvalue weighted by Gasteiger charge is 2.09.